The number of nitrogens with zero attached hydrogens (tertiary/aromatic N) is 3. The van der Waals surface area contributed by atoms with Crippen LogP contribution in [0.4, 0.5) is 0 Å². The molecular weight excluding hydrogens is 218 g/mol. The first-order chi connectivity index (χ1) is 8.24. The van der Waals surface area contributed by atoms with Crippen LogP contribution in [0.25, 0.3) is 0 Å². The summed E-state index contributed by atoms with van der Waals surface area (Å²) in [6.07, 6.45) is 2.10. The minimum atomic E-state index is -0.662. The molecule has 1 N–H and O–H groups in total. The van der Waals surface area contributed by atoms with Gasteiger partial charge in [0.1, 0.15) is 29.8 Å². The van der Waals surface area contributed by atoms with Crippen molar-refractivity contribution in [2.45, 2.75) is 39.3 Å². The van der Waals surface area contributed by atoms with Crippen molar-refractivity contribution < 1.29 is 9.52 Å². The van der Waals surface area contributed by atoms with Gasteiger partial charge in [-0.05, 0) is 19.1 Å². The van der Waals surface area contributed by atoms with E-state index in [9.17, 15) is 5.11 Å². The van der Waals surface area contributed by atoms with E-state index in [4.69, 9.17) is 4.42 Å². The third-order valence-electron chi connectivity index (χ3n) is 2.73. The van der Waals surface area contributed by atoms with Crippen LogP contribution in [0, 0.1) is 0 Å². The summed E-state index contributed by atoms with van der Waals surface area (Å²) in [7, 11) is 0. The Morgan fingerprint density at radius 1 is 1.41 bits per heavy atom. The molecule has 0 spiro atoms. The third-order valence-corrected chi connectivity index (χ3v) is 2.73. The highest BCUT2D eigenvalue weighted by Crippen LogP contribution is 2.20. The van der Waals surface area contributed by atoms with Gasteiger partial charge in [-0.2, -0.15) is 5.10 Å². The number of aliphatic hydroxyl groups excluding tert-OH is 1. The summed E-state index contributed by atoms with van der Waals surface area (Å²) in [5.41, 5.74) is 0. The molecule has 0 amide bonds. The Bertz CT molecular complexity index is 476. The predicted molar refractivity (Wildman–Crippen MR) is 62.4 cm³/mol. The van der Waals surface area contributed by atoms with Crippen LogP contribution in [0.2, 0.25) is 0 Å². The summed E-state index contributed by atoms with van der Waals surface area (Å²) in [5, 5.41) is 14.1. The van der Waals surface area contributed by atoms with Crippen LogP contribution in [-0.4, -0.2) is 19.9 Å². The minimum absolute atomic E-state index is 0.421. The number of hydrogen-bond acceptors (Lipinski definition) is 4. The molecule has 0 saturated carbocycles. The quantitative estimate of drug-likeness (QED) is 0.857. The minimum Gasteiger partial charge on any atom is -0.463 e. The molecule has 0 radical (unpaired) electrons. The molecule has 0 aliphatic carbocycles. The van der Waals surface area contributed by atoms with Gasteiger partial charge in [0.2, 0.25) is 0 Å². The Morgan fingerprint density at radius 3 is 2.88 bits per heavy atom. The fourth-order valence-electron chi connectivity index (χ4n) is 1.75. The predicted octanol–water partition coefficient (Wildman–Crippen LogP) is 1.73. The molecule has 0 bridgehead atoms. The van der Waals surface area contributed by atoms with Crippen molar-refractivity contribution in [3.8, 4) is 0 Å². The zero-order chi connectivity index (χ0) is 12.3. The van der Waals surface area contributed by atoms with E-state index in [0.29, 0.717) is 12.2 Å². The van der Waals surface area contributed by atoms with Crippen molar-refractivity contribution in [2.75, 3.05) is 0 Å². The van der Waals surface area contributed by atoms with E-state index >= 15 is 0 Å². The Balaban J connectivity index is 2.08. The zero-order valence-electron chi connectivity index (χ0n) is 10.1. The van der Waals surface area contributed by atoms with E-state index in [2.05, 4.69) is 10.1 Å². The Kier molecular flexibility index (Phi) is 3.58. The van der Waals surface area contributed by atoms with Gasteiger partial charge in [0.25, 0.3) is 0 Å². The second kappa shape index (κ2) is 5.14. The van der Waals surface area contributed by atoms with Gasteiger partial charge in [-0.3, -0.25) is 4.68 Å². The van der Waals surface area contributed by atoms with Gasteiger partial charge in [-0.1, -0.05) is 6.92 Å². The average molecular weight is 235 g/mol. The van der Waals surface area contributed by atoms with Crippen LogP contribution in [0.1, 0.15) is 37.3 Å². The Hall–Kier alpha value is -1.62. The fourth-order valence-corrected chi connectivity index (χ4v) is 1.75. The molecule has 17 heavy (non-hydrogen) atoms. The van der Waals surface area contributed by atoms with Crippen LogP contribution in [0.5, 0.6) is 0 Å². The zero-order valence-corrected chi connectivity index (χ0v) is 10.1. The molecule has 5 heteroatoms. The van der Waals surface area contributed by atoms with E-state index in [1.54, 1.807) is 4.68 Å². The largest absolute Gasteiger partial charge is 0.463 e. The van der Waals surface area contributed by atoms with Crippen LogP contribution in [0.15, 0.2) is 22.9 Å². The number of aliphatic hydroxyl groups is 1. The molecule has 5 nitrogen and oxygen atoms in total. The normalized spacial score (nSPS) is 12.9. The molecule has 0 fully saturated rings. The summed E-state index contributed by atoms with van der Waals surface area (Å²) in [6.45, 7) is 4.76. The molecule has 2 heterocycles. The summed E-state index contributed by atoms with van der Waals surface area (Å²) < 4.78 is 7.28. The summed E-state index contributed by atoms with van der Waals surface area (Å²) in [4.78, 5) is 4.13. The molecule has 0 aromatic carbocycles. The number of aryl methyl sites for hydroxylation is 2. The number of aromatic nitrogens is 3. The number of furan rings is 1. The molecule has 1 unspecified atom stereocenters. The van der Waals surface area contributed by atoms with Crippen molar-refractivity contribution in [1.82, 2.24) is 14.8 Å². The lowest BCUT2D eigenvalue weighted by atomic mass is 10.2. The third kappa shape index (κ3) is 2.55. The highest BCUT2D eigenvalue weighted by atomic mass is 16.4. The fraction of sp³-hybridized carbons (Fsp3) is 0.500. The van der Waals surface area contributed by atoms with Crippen LogP contribution < -0.4 is 0 Å². The van der Waals surface area contributed by atoms with Gasteiger partial charge >= 0.3 is 0 Å². The highest BCUT2D eigenvalue weighted by Gasteiger charge is 2.16. The Labute approximate surface area is 100 Å². The molecule has 2 aromatic rings. The number of rotatable bonds is 5. The molecule has 2 aromatic heterocycles. The van der Waals surface area contributed by atoms with Crippen LogP contribution in [0.3, 0.4) is 0 Å². The Morgan fingerprint density at radius 2 is 2.24 bits per heavy atom. The molecule has 92 valence electrons. The maximum absolute atomic E-state index is 10.0. The molecule has 0 aliphatic rings. The first-order valence-corrected chi connectivity index (χ1v) is 5.88. The van der Waals surface area contributed by atoms with E-state index < -0.39 is 6.10 Å². The lowest BCUT2D eigenvalue weighted by Crippen LogP contribution is -2.09. The first kappa shape index (κ1) is 11.9. The highest BCUT2D eigenvalue weighted by molar-refractivity contribution is 5.10. The molecular formula is C12H17N3O2. The second-order valence-electron chi connectivity index (χ2n) is 3.87. The lowest BCUT2D eigenvalue weighted by molar-refractivity contribution is 0.144. The van der Waals surface area contributed by atoms with Gasteiger partial charge in [-0.25, -0.2) is 4.98 Å². The molecule has 0 saturated heterocycles. The SMILES string of the molecule is CCc1ccc(C(O)Cc2ncnn2CC)o1. The number of hydrogen-bond donors (Lipinski definition) is 1. The standard InChI is InChI=1S/C12H17N3O2/c1-3-9-5-6-11(17-9)10(16)7-12-13-8-14-15(12)4-2/h5-6,8,10,16H,3-4,7H2,1-2H3. The maximum Gasteiger partial charge on any atom is 0.138 e. The van der Waals surface area contributed by atoms with Crippen molar-refractivity contribution >= 4 is 0 Å². The molecule has 0 aliphatic heterocycles. The van der Waals surface area contributed by atoms with Gasteiger partial charge in [-0.15, -0.1) is 0 Å². The maximum atomic E-state index is 10.0. The second-order valence-corrected chi connectivity index (χ2v) is 3.87. The van der Waals surface area contributed by atoms with Crippen molar-refractivity contribution in [2.24, 2.45) is 0 Å². The topological polar surface area (TPSA) is 64.1 Å². The molecule has 1 atom stereocenters. The van der Waals surface area contributed by atoms with E-state index in [1.807, 2.05) is 26.0 Å². The average Bonchev–Trinajstić information content (AvgIpc) is 2.96. The summed E-state index contributed by atoms with van der Waals surface area (Å²) in [5.74, 6) is 2.25. The summed E-state index contributed by atoms with van der Waals surface area (Å²) in [6, 6.07) is 3.71. The monoisotopic (exact) mass is 235 g/mol. The van der Waals surface area contributed by atoms with E-state index in [1.165, 1.54) is 6.33 Å². The van der Waals surface area contributed by atoms with Gasteiger partial charge < -0.3 is 9.52 Å². The van der Waals surface area contributed by atoms with Crippen molar-refractivity contribution in [1.29, 1.82) is 0 Å². The summed E-state index contributed by atoms with van der Waals surface area (Å²) >= 11 is 0. The van der Waals surface area contributed by atoms with Crippen molar-refractivity contribution in [3.63, 3.8) is 0 Å². The van der Waals surface area contributed by atoms with Crippen LogP contribution >= 0.6 is 0 Å². The van der Waals surface area contributed by atoms with E-state index in [0.717, 1.165) is 24.6 Å². The smallest absolute Gasteiger partial charge is 0.138 e. The van der Waals surface area contributed by atoms with Gasteiger partial charge in [0, 0.05) is 19.4 Å². The van der Waals surface area contributed by atoms with Crippen molar-refractivity contribution in [3.05, 3.63) is 35.8 Å². The van der Waals surface area contributed by atoms with Gasteiger partial charge in [0.05, 0.1) is 0 Å². The first-order valence-electron chi connectivity index (χ1n) is 5.88. The van der Waals surface area contributed by atoms with Crippen LogP contribution in [-0.2, 0) is 19.4 Å². The lowest BCUT2D eigenvalue weighted by Gasteiger charge is -2.07. The van der Waals surface area contributed by atoms with E-state index in [-0.39, 0.29) is 0 Å². The molecule has 2 rings (SSSR count). The van der Waals surface area contributed by atoms with Gasteiger partial charge in [0.15, 0.2) is 0 Å².